The van der Waals surface area contributed by atoms with Gasteiger partial charge in [0.15, 0.2) is 0 Å². The summed E-state index contributed by atoms with van der Waals surface area (Å²) in [6.07, 6.45) is 1.32. The van der Waals surface area contributed by atoms with E-state index >= 15 is 0 Å². The number of aryl methyl sites for hydroxylation is 1. The number of anilines is 1. The number of hydrogen-bond donors (Lipinski definition) is 0. The zero-order chi connectivity index (χ0) is 13.1. The lowest BCUT2D eigenvalue weighted by Gasteiger charge is -2.30. The van der Waals surface area contributed by atoms with E-state index in [4.69, 9.17) is 14.2 Å². The van der Waals surface area contributed by atoms with Crippen LogP contribution < -0.4 is 9.64 Å². The Morgan fingerprint density at radius 3 is 2.79 bits per heavy atom. The number of morpholine rings is 1. The minimum Gasteiger partial charge on any atom is -0.489 e. The Bertz CT molecular complexity index is 425. The molecule has 0 N–H and O–H groups in total. The molecular weight excluding hydrogens is 242 g/mol. The van der Waals surface area contributed by atoms with Crippen LogP contribution in [0.3, 0.4) is 0 Å². The molecule has 0 bridgehead atoms. The van der Waals surface area contributed by atoms with Gasteiger partial charge in [-0.2, -0.15) is 0 Å². The Hall–Kier alpha value is -1.26. The Morgan fingerprint density at radius 1 is 1.32 bits per heavy atom. The van der Waals surface area contributed by atoms with E-state index in [9.17, 15) is 0 Å². The Labute approximate surface area is 114 Å². The topological polar surface area (TPSA) is 34.2 Å². The van der Waals surface area contributed by atoms with Crippen molar-refractivity contribution in [3.63, 3.8) is 0 Å². The first-order valence-electron chi connectivity index (χ1n) is 7.07. The Kier molecular flexibility index (Phi) is 3.89. The van der Waals surface area contributed by atoms with Crippen LogP contribution in [0.15, 0.2) is 18.2 Å². The predicted octanol–water partition coefficient (Wildman–Crippen LogP) is 1.86. The van der Waals surface area contributed by atoms with Gasteiger partial charge in [0.05, 0.1) is 25.5 Å². The molecule has 0 saturated carbocycles. The van der Waals surface area contributed by atoms with Gasteiger partial charge < -0.3 is 19.1 Å². The molecule has 104 valence electrons. The lowest BCUT2D eigenvalue weighted by Crippen LogP contribution is -2.36. The average molecular weight is 263 g/mol. The second-order valence-electron chi connectivity index (χ2n) is 5.02. The molecule has 0 aromatic heterocycles. The molecule has 3 rings (SSSR count). The van der Waals surface area contributed by atoms with E-state index in [0.29, 0.717) is 12.7 Å². The summed E-state index contributed by atoms with van der Waals surface area (Å²) in [4.78, 5) is 2.34. The highest BCUT2D eigenvalue weighted by molar-refractivity contribution is 5.60. The van der Waals surface area contributed by atoms with Gasteiger partial charge in [0.1, 0.15) is 18.5 Å². The van der Waals surface area contributed by atoms with Crippen molar-refractivity contribution in [2.24, 2.45) is 0 Å². The van der Waals surface area contributed by atoms with Crippen molar-refractivity contribution >= 4 is 5.69 Å². The van der Waals surface area contributed by atoms with Gasteiger partial charge in [-0.3, -0.25) is 0 Å². The molecule has 4 heteroatoms. The van der Waals surface area contributed by atoms with Gasteiger partial charge in [0, 0.05) is 13.1 Å². The monoisotopic (exact) mass is 263 g/mol. The van der Waals surface area contributed by atoms with Crippen molar-refractivity contribution in [3.8, 4) is 5.75 Å². The summed E-state index contributed by atoms with van der Waals surface area (Å²) in [6.45, 7) is 7.10. The number of hydrogen-bond acceptors (Lipinski definition) is 4. The van der Waals surface area contributed by atoms with Gasteiger partial charge in [-0.25, -0.2) is 0 Å². The van der Waals surface area contributed by atoms with E-state index in [0.717, 1.165) is 45.1 Å². The number of rotatable bonds is 5. The zero-order valence-electron chi connectivity index (χ0n) is 11.4. The van der Waals surface area contributed by atoms with Crippen LogP contribution in [0.5, 0.6) is 5.75 Å². The van der Waals surface area contributed by atoms with Gasteiger partial charge >= 0.3 is 0 Å². The summed E-state index contributed by atoms with van der Waals surface area (Å²) in [6, 6.07) is 6.52. The molecule has 2 aliphatic rings. The van der Waals surface area contributed by atoms with Gasteiger partial charge in [0.2, 0.25) is 0 Å². The molecule has 1 aromatic rings. The van der Waals surface area contributed by atoms with Crippen LogP contribution in [0.25, 0.3) is 0 Å². The van der Waals surface area contributed by atoms with Gasteiger partial charge in [-0.1, -0.05) is 13.0 Å². The first-order valence-corrected chi connectivity index (χ1v) is 7.07. The number of benzene rings is 1. The number of epoxide rings is 1. The minimum absolute atomic E-state index is 0.294. The summed E-state index contributed by atoms with van der Waals surface area (Å²) >= 11 is 0. The number of nitrogens with zero attached hydrogens (tertiary/aromatic N) is 1. The summed E-state index contributed by atoms with van der Waals surface area (Å²) in [5.74, 6) is 0.983. The standard InChI is InChI=1S/C15H21NO3/c1-2-12-3-4-14(16-5-7-17-8-6-16)15(9-12)19-11-13-10-18-13/h3-4,9,13H,2,5-8,10-11H2,1H3/t13-/m0/s1. The molecule has 2 saturated heterocycles. The molecular formula is C15H21NO3. The molecule has 0 spiro atoms. The predicted molar refractivity (Wildman–Crippen MR) is 74.1 cm³/mol. The summed E-state index contributed by atoms with van der Waals surface area (Å²) in [7, 11) is 0. The van der Waals surface area contributed by atoms with Crippen LogP contribution >= 0.6 is 0 Å². The fraction of sp³-hybridized carbons (Fsp3) is 0.600. The fourth-order valence-electron chi connectivity index (χ4n) is 2.31. The van der Waals surface area contributed by atoms with Crippen LogP contribution in [0.1, 0.15) is 12.5 Å². The first kappa shape index (κ1) is 12.8. The molecule has 19 heavy (non-hydrogen) atoms. The lowest BCUT2D eigenvalue weighted by molar-refractivity contribution is 0.122. The fourth-order valence-corrected chi connectivity index (χ4v) is 2.31. The van der Waals surface area contributed by atoms with E-state index in [1.807, 2.05) is 0 Å². The molecule has 2 aliphatic heterocycles. The van der Waals surface area contributed by atoms with Crippen molar-refractivity contribution in [2.75, 3.05) is 44.4 Å². The van der Waals surface area contributed by atoms with Crippen molar-refractivity contribution in [1.29, 1.82) is 0 Å². The summed E-state index contributed by atoms with van der Waals surface area (Å²) < 4.78 is 16.6. The van der Waals surface area contributed by atoms with Crippen molar-refractivity contribution in [1.82, 2.24) is 0 Å². The van der Waals surface area contributed by atoms with Crippen molar-refractivity contribution < 1.29 is 14.2 Å². The quantitative estimate of drug-likeness (QED) is 0.759. The van der Waals surface area contributed by atoms with Crippen LogP contribution in [0, 0.1) is 0 Å². The van der Waals surface area contributed by atoms with Gasteiger partial charge in [0.25, 0.3) is 0 Å². The van der Waals surface area contributed by atoms with Crippen LogP contribution in [-0.2, 0) is 15.9 Å². The largest absolute Gasteiger partial charge is 0.489 e. The molecule has 0 amide bonds. The first-order chi connectivity index (χ1) is 9.36. The highest BCUT2D eigenvalue weighted by atomic mass is 16.6. The third kappa shape index (κ3) is 3.19. The van der Waals surface area contributed by atoms with E-state index < -0.39 is 0 Å². The molecule has 1 atom stereocenters. The van der Waals surface area contributed by atoms with Gasteiger partial charge in [-0.15, -0.1) is 0 Å². The molecule has 0 unspecified atom stereocenters. The molecule has 1 aromatic carbocycles. The highest BCUT2D eigenvalue weighted by Crippen LogP contribution is 2.31. The third-order valence-corrected chi connectivity index (χ3v) is 3.61. The smallest absolute Gasteiger partial charge is 0.143 e. The number of ether oxygens (including phenoxy) is 3. The maximum atomic E-state index is 5.95. The van der Waals surface area contributed by atoms with Crippen LogP contribution in [0.4, 0.5) is 5.69 Å². The van der Waals surface area contributed by atoms with E-state index in [1.165, 1.54) is 11.3 Å². The second-order valence-corrected chi connectivity index (χ2v) is 5.02. The van der Waals surface area contributed by atoms with Crippen LogP contribution in [-0.4, -0.2) is 45.6 Å². The normalized spacial score (nSPS) is 22.4. The molecule has 2 fully saturated rings. The Balaban J connectivity index is 1.78. The lowest BCUT2D eigenvalue weighted by atomic mass is 10.1. The zero-order valence-corrected chi connectivity index (χ0v) is 11.4. The van der Waals surface area contributed by atoms with E-state index in [1.54, 1.807) is 0 Å². The second kappa shape index (κ2) is 5.80. The minimum atomic E-state index is 0.294. The molecule has 4 nitrogen and oxygen atoms in total. The van der Waals surface area contributed by atoms with Crippen molar-refractivity contribution in [3.05, 3.63) is 23.8 Å². The molecule has 0 radical (unpaired) electrons. The van der Waals surface area contributed by atoms with E-state index in [-0.39, 0.29) is 0 Å². The third-order valence-electron chi connectivity index (χ3n) is 3.61. The summed E-state index contributed by atoms with van der Waals surface area (Å²) in [5, 5.41) is 0. The van der Waals surface area contributed by atoms with Crippen LogP contribution in [0.2, 0.25) is 0 Å². The van der Waals surface area contributed by atoms with E-state index in [2.05, 4.69) is 30.0 Å². The SMILES string of the molecule is CCc1ccc(N2CCOCC2)c(OC[C@@H]2CO2)c1. The maximum Gasteiger partial charge on any atom is 0.143 e. The molecule has 2 heterocycles. The molecule has 0 aliphatic carbocycles. The Morgan fingerprint density at radius 2 is 2.11 bits per heavy atom. The maximum absolute atomic E-state index is 5.95. The van der Waals surface area contributed by atoms with Gasteiger partial charge in [-0.05, 0) is 24.1 Å². The summed E-state index contributed by atoms with van der Waals surface area (Å²) in [5.41, 5.74) is 2.49. The average Bonchev–Trinajstić information content (AvgIpc) is 3.30. The highest BCUT2D eigenvalue weighted by Gasteiger charge is 2.24. The van der Waals surface area contributed by atoms with Crippen molar-refractivity contribution in [2.45, 2.75) is 19.4 Å².